The first kappa shape index (κ1) is 27.5. The molecule has 3 heterocycles. The van der Waals surface area contributed by atoms with Crippen LogP contribution in [0.25, 0.3) is 11.3 Å². The lowest BCUT2D eigenvalue weighted by atomic mass is 9.98. The molecule has 1 aliphatic rings. The molecule has 1 atom stereocenters. The molecule has 1 aromatic carbocycles. The number of methoxy groups -OCH3 is 1. The minimum Gasteiger partial charge on any atom is -0.497 e. The number of halogens is 4. The molecule has 0 unspecified atom stereocenters. The third kappa shape index (κ3) is 5.94. The third-order valence-corrected chi connectivity index (χ3v) is 7.53. The zero-order valence-corrected chi connectivity index (χ0v) is 21.4. The normalized spacial score (nSPS) is 16.2. The molecule has 0 spiro atoms. The van der Waals surface area contributed by atoms with Gasteiger partial charge in [-0.2, -0.15) is 21.6 Å². The van der Waals surface area contributed by atoms with E-state index in [-0.39, 0.29) is 34.5 Å². The third-order valence-electron chi connectivity index (χ3n) is 5.95. The van der Waals surface area contributed by atoms with E-state index >= 15 is 0 Å². The summed E-state index contributed by atoms with van der Waals surface area (Å²) in [6.07, 6.45) is -3.70. The first-order valence-corrected chi connectivity index (χ1v) is 13.1. The number of carboxylic acid groups (broad SMARTS) is 1. The SMILES string of the molecule is COc1ccc(Cl)c(-c2nc(NS(=O)(=O)c3cccc(N4CCC[C@@H](C(=O)O)C4)n3)ccc2C(F)(F)F)c1. The van der Waals surface area contributed by atoms with Crippen LogP contribution < -0.4 is 14.4 Å². The fraction of sp³-hybridized carbons (Fsp3) is 0.292. The van der Waals surface area contributed by atoms with Crippen LogP contribution in [0.1, 0.15) is 18.4 Å². The molecule has 1 saturated heterocycles. The number of alkyl halides is 3. The molecule has 0 amide bonds. The number of hydrogen-bond acceptors (Lipinski definition) is 7. The molecule has 3 aromatic rings. The molecule has 14 heteroatoms. The summed E-state index contributed by atoms with van der Waals surface area (Å²) in [4.78, 5) is 21.2. The summed E-state index contributed by atoms with van der Waals surface area (Å²) >= 11 is 6.16. The molecule has 9 nitrogen and oxygen atoms in total. The van der Waals surface area contributed by atoms with Crippen LogP contribution in [0, 0.1) is 5.92 Å². The van der Waals surface area contributed by atoms with Gasteiger partial charge in [-0.15, -0.1) is 0 Å². The van der Waals surface area contributed by atoms with Gasteiger partial charge >= 0.3 is 12.1 Å². The number of anilines is 2. The van der Waals surface area contributed by atoms with E-state index in [2.05, 4.69) is 14.7 Å². The molecule has 0 saturated carbocycles. The van der Waals surface area contributed by atoms with Gasteiger partial charge in [0.15, 0.2) is 5.03 Å². The maximum atomic E-state index is 13.8. The number of aliphatic carboxylic acids is 1. The Labute approximate surface area is 221 Å². The Hall–Kier alpha value is -3.58. The van der Waals surface area contributed by atoms with Gasteiger partial charge in [0.1, 0.15) is 17.4 Å². The van der Waals surface area contributed by atoms with Crippen molar-refractivity contribution < 1.29 is 36.2 Å². The van der Waals surface area contributed by atoms with Crippen LogP contribution in [0.5, 0.6) is 5.75 Å². The maximum Gasteiger partial charge on any atom is 0.418 e. The number of pyridine rings is 2. The summed E-state index contributed by atoms with van der Waals surface area (Å²) in [5, 5.41) is 8.88. The monoisotopic (exact) mass is 570 g/mol. The highest BCUT2D eigenvalue weighted by Gasteiger charge is 2.36. The fourth-order valence-corrected chi connectivity index (χ4v) is 5.24. The molecule has 38 heavy (non-hydrogen) atoms. The maximum absolute atomic E-state index is 13.8. The Kier molecular flexibility index (Phi) is 7.70. The number of ether oxygens (including phenoxy) is 1. The van der Waals surface area contributed by atoms with Gasteiger partial charge in [0.05, 0.1) is 29.3 Å². The second-order valence-corrected chi connectivity index (χ2v) is 10.5. The van der Waals surface area contributed by atoms with Gasteiger partial charge in [-0.3, -0.25) is 9.52 Å². The Morgan fingerprint density at radius 2 is 1.95 bits per heavy atom. The highest BCUT2D eigenvalue weighted by molar-refractivity contribution is 7.92. The van der Waals surface area contributed by atoms with E-state index in [0.29, 0.717) is 25.5 Å². The summed E-state index contributed by atoms with van der Waals surface area (Å²) in [5.41, 5.74) is -1.80. The lowest BCUT2D eigenvalue weighted by Gasteiger charge is -2.31. The van der Waals surface area contributed by atoms with Crippen molar-refractivity contribution in [1.29, 1.82) is 0 Å². The van der Waals surface area contributed by atoms with E-state index in [9.17, 15) is 31.5 Å². The van der Waals surface area contributed by atoms with Crippen molar-refractivity contribution >= 4 is 39.2 Å². The van der Waals surface area contributed by atoms with Gasteiger partial charge in [0, 0.05) is 18.7 Å². The minimum absolute atomic E-state index is 0.0422. The number of sulfonamides is 1. The quantitative estimate of drug-likeness (QED) is 0.410. The first-order valence-electron chi connectivity index (χ1n) is 11.3. The van der Waals surface area contributed by atoms with Crippen molar-refractivity contribution in [2.24, 2.45) is 5.92 Å². The number of hydrogen-bond donors (Lipinski definition) is 2. The average molecular weight is 571 g/mol. The van der Waals surface area contributed by atoms with E-state index in [4.69, 9.17) is 16.3 Å². The van der Waals surface area contributed by atoms with Gasteiger partial charge in [-0.25, -0.2) is 9.97 Å². The molecule has 0 radical (unpaired) electrons. The standard InChI is InChI=1S/C24H22ClF3N4O5S/c1-37-15-7-9-18(25)16(12-15)22-17(24(26,27)28)8-10-19(29-22)31-38(35,36)21-6-2-5-20(30-21)32-11-3-4-14(13-32)23(33)34/h2,5-10,12,14H,3-4,11,13H2,1H3,(H,29,31)(H,33,34)/t14-/m1/s1. The number of nitrogens with zero attached hydrogens (tertiary/aromatic N) is 3. The van der Waals surface area contributed by atoms with Crippen LogP contribution in [0.2, 0.25) is 5.02 Å². The zero-order chi connectivity index (χ0) is 27.7. The van der Waals surface area contributed by atoms with Gasteiger partial charge in [0.2, 0.25) is 0 Å². The van der Waals surface area contributed by atoms with Crippen LogP contribution >= 0.6 is 11.6 Å². The molecule has 4 rings (SSSR count). The summed E-state index contributed by atoms with van der Waals surface area (Å²) in [6, 6.07) is 9.90. The van der Waals surface area contributed by atoms with Gasteiger partial charge in [0.25, 0.3) is 10.0 Å². The number of aromatic nitrogens is 2. The van der Waals surface area contributed by atoms with Crippen LogP contribution in [0.3, 0.4) is 0 Å². The van der Waals surface area contributed by atoms with Crippen molar-refractivity contribution in [2.45, 2.75) is 24.0 Å². The van der Waals surface area contributed by atoms with Crippen molar-refractivity contribution in [3.63, 3.8) is 0 Å². The van der Waals surface area contributed by atoms with Gasteiger partial charge in [-0.05, 0) is 55.3 Å². The number of piperidine rings is 1. The summed E-state index contributed by atoms with van der Waals surface area (Å²) in [5.74, 6) is -1.44. The molecular formula is C24H22ClF3N4O5S. The van der Waals surface area contributed by atoms with Crippen LogP contribution in [-0.4, -0.2) is 49.7 Å². The number of rotatable bonds is 7. The van der Waals surface area contributed by atoms with E-state index in [1.54, 1.807) is 11.0 Å². The van der Waals surface area contributed by atoms with Crippen molar-refractivity contribution in [3.05, 3.63) is 59.1 Å². The van der Waals surface area contributed by atoms with Crippen molar-refractivity contribution in [2.75, 3.05) is 29.8 Å². The molecule has 1 fully saturated rings. The zero-order valence-electron chi connectivity index (χ0n) is 19.9. The van der Waals surface area contributed by atoms with Crippen LogP contribution in [0.15, 0.2) is 53.6 Å². The molecule has 1 aliphatic heterocycles. The Morgan fingerprint density at radius 3 is 2.63 bits per heavy atom. The van der Waals surface area contributed by atoms with Crippen LogP contribution in [0.4, 0.5) is 24.8 Å². The molecule has 0 aliphatic carbocycles. The minimum atomic E-state index is -4.80. The second kappa shape index (κ2) is 10.7. The van der Waals surface area contributed by atoms with Gasteiger partial charge in [-0.1, -0.05) is 17.7 Å². The molecular weight excluding hydrogens is 549 g/mol. The number of carbonyl (C=O) groups is 1. The molecule has 0 bridgehead atoms. The van der Waals surface area contributed by atoms with Gasteiger partial charge < -0.3 is 14.7 Å². The average Bonchev–Trinajstić information content (AvgIpc) is 2.88. The van der Waals surface area contributed by atoms with Crippen molar-refractivity contribution in [1.82, 2.24) is 9.97 Å². The predicted octanol–water partition coefficient (Wildman–Crippen LogP) is 4.93. The molecule has 202 valence electrons. The highest BCUT2D eigenvalue weighted by Crippen LogP contribution is 2.40. The Bertz CT molecular complexity index is 1470. The summed E-state index contributed by atoms with van der Waals surface area (Å²) < 4.78 is 74.8. The number of benzene rings is 1. The number of nitrogens with one attached hydrogen (secondary N) is 1. The second-order valence-electron chi connectivity index (χ2n) is 8.50. The van der Waals surface area contributed by atoms with Crippen molar-refractivity contribution in [3.8, 4) is 17.0 Å². The topological polar surface area (TPSA) is 122 Å². The Balaban J connectivity index is 1.68. The first-order chi connectivity index (χ1) is 17.9. The largest absolute Gasteiger partial charge is 0.497 e. The smallest absolute Gasteiger partial charge is 0.418 e. The highest BCUT2D eigenvalue weighted by atomic mass is 35.5. The predicted molar refractivity (Wildman–Crippen MR) is 134 cm³/mol. The van der Waals surface area contributed by atoms with E-state index in [1.165, 1.54) is 37.4 Å². The van der Waals surface area contributed by atoms with E-state index in [1.807, 2.05) is 0 Å². The van der Waals surface area contributed by atoms with Crippen LogP contribution in [-0.2, 0) is 21.0 Å². The molecule has 2 N–H and O–H groups in total. The Morgan fingerprint density at radius 1 is 1.18 bits per heavy atom. The fourth-order valence-electron chi connectivity index (χ4n) is 4.07. The summed E-state index contributed by atoms with van der Waals surface area (Å²) in [7, 11) is -3.04. The lowest BCUT2D eigenvalue weighted by Crippen LogP contribution is -2.39. The van der Waals surface area contributed by atoms with E-state index in [0.717, 1.165) is 6.07 Å². The molecule has 2 aromatic heterocycles. The van der Waals surface area contributed by atoms with E-state index < -0.39 is 44.4 Å². The number of carboxylic acids is 1. The lowest BCUT2D eigenvalue weighted by molar-refractivity contribution is -0.142. The summed E-state index contributed by atoms with van der Waals surface area (Å²) in [6.45, 7) is 0.670.